The Morgan fingerprint density at radius 3 is 1.17 bits per heavy atom. The summed E-state index contributed by atoms with van der Waals surface area (Å²) < 4.78 is 23.4. The molecule has 4 N–H and O–H groups in total. The van der Waals surface area contributed by atoms with Crippen LogP contribution >= 0.6 is 0 Å². The number of nitrogens with zero attached hydrogens (tertiary/aromatic N) is 8. The number of fused-ring (bicyclic) bond motifs is 12. The molecule has 16 nitrogen and oxygen atoms in total. The van der Waals surface area contributed by atoms with E-state index in [2.05, 4.69) is 257 Å². The number of aromatic nitrogens is 8. The Kier molecular flexibility index (Phi) is 46.3. The Hall–Kier alpha value is -11.5. The van der Waals surface area contributed by atoms with Gasteiger partial charge < -0.3 is 20.4 Å². The van der Waals surface area contributed by atoms with Crippen LogP contribution in [0.25, 0.3) is 132 Å². The number of ketones is 4. The Bertz CT molecular complexity index is 7240. The van der Waals surface area contributed by atoms with Gasteiger partial charge in [0, 0.05) is 141 Å². The van der Waals surface area contributed by atoms with Crippen LogP contribution in [0.5, 0.6) is 0 Å². The molecule has 0 atom stereocenters. The summed E-state index contributed by atoms with van der Waals surface area (Å²) >= 11 is 0. The fourth-order valence-corrected chi connectivity index (χ4v) is 17.0. The van der Waals surface area contributed by atoms with Crippen molar-refractivity contribution in [2.45, 2.75) is 237 Å². The SMILES string of the molecule is CC(=O)C=C(C)O.CC(=O)C=C(C)O.CC(=O)C=C(C)O.CC(C)Cc1cc(C(C)C)c2c(ccc3c(-c4[c-]cccc4)ncnc32)c1.CCC(C)(CC)C(=O)C=C(O)C(C)(CC)CC.Cc1[c-]c(-c2ncnc3c2ccc2cccc(C(C)C)c23)cc(C)c1.Cc1[c-]c(-c2ncnc3c2ccc2cccc(CC(C)C)c23)cc(C)c1.[2H]C([2H])([2H])c1nc(-c2[c-]c(C)cc(C)c2)c2ccc3ccccc3c2n1.[Ir].[Ir].[Ir].[Ir]. The number of hydrogen-bond acceptors (Lipinski definition) is 16. The fraction of sp³-hybridized carbons (Fsp3) is 0.317. The number of carbonyl (C=O) groups is 4. The van der Waals surface area contributed by atoms with Crippen LogP contribution in [-0.4, -0.2) is 83.4 Å². The van der Waals surface area contributed by atoms with Crippen molar-refractivity contribution in [2.75, 3.05) is 0 Å². The first-order valence-corrected chi connectivity index (χ1v) is 47.9. The summed E-state index contributed by atoms with van der Waals surface area (Å²) in [7, 11) is 0. The maximum Gasteiger partial charge on any atom is 0.164 e. The van der Waals surface area contributed by atoms with Crippen LogP contribution < -0.4 is 0 Å². The predicted octanol–water partition coefficient (Wildman–Crippen LogP) is 31.6. The smallest absolute Gasteiger partial charge is 0.164 e. The molecule has 0 aliphatic carbocycles. The molecule has 0 saturated carbocycles. The molecule has 16 aromatic rings. The molecule has 143 heavy (non-hydrogen) atoms. The number of aryl methyl sites for hydroxylation is 7. The second kappa shape index (κ2) is 56.7. The molecule has 4 aromatic heterocycles. The van der Waals surface area contributed by atoms with Gasteiger partial charge in [0.2, 0.25) is 0 Å². The zero-order chi connectivity index (χ0) is 105. The van der Waals surface area contributed by atoms with Crippen molar-refractivity contribution in [3.63, 3.8) is 0 Å². The van der Waals surface area contributed by atoms with Crippen LogP contribution in [0.15, 0.2) is 248 Å². The first kappa shape index (κ1) is 117. The van der Waals surface area contributed by atoms with Gasteiger partial charge in [-0.2, -0.15) is 0 Å². The van der Waals surface area contributed by atoms with Gasteiger partial charge in [-0.25, -0.2) is 19.9 Å². The fourth-order valence-electron chi connectivity index (χ4n) is 17.0. The van der Waals surface area contributed by atoms with E-state index < -0.39 is 6.85 Å². The minimum absolute atomic E-state index is 0. The standard InChI is InChI=1S/C25H25N2.C24H23N2.C23H21N2.C21H17N2.C15H28O2.3C5H8O2.4Ir/c1-16(2)12-18-13-20-10-11-21-24(19-8-6-5-7-9-19)26-15-27-25(21)23(20)22(14-18)17(3)4;1-15(2)10-19-7-5-6-18-8-9-21-23(25-14-26-24(21)22(18)19)20-12-16(3)11-17(4)13-20;1-14(2)19-7-5-6-17-8-9-20-22(24-13-25-23(20)21(17)19)18-11-15(3)10-16(4)12-18;1-13-10-14(2)12-17(11-13)20-19-9-8-16-6-4-5-7-18(16)21(19)23-15(3)22-20;1-7-14(5,8-2)12(16)11-13(17)15(6,9-3)10-4;3*1-4(6)3-5(2)7;;;;/h5-8,10-11,13-17H,12H2,1-4H3;5-9,11-12,14-15H,10H2,1-4H3;5-11,13-14H,1-4H3;4-11H,1-3H3;11,16H,7-10H2,1-6H3;3*3,6H,1-2H3;;;;/q4*-1;;;;;;;;/i;;;3D3;;;;;;;;. The Morgan fingerprint density at radius 1 is 0.378 bits per heavy atom. The molecule has 20 heteroatoms. The molecule has 16 rings (SSSR count). The van der Waals surface area contributed by atoms with E-state index in [-0.39, 0.29) is 143 Å². The number of aliphatic hydroxyl groups is 4. The van der Waals surface area contributed by atoms with Crippen LogP contribution in [0.1, 0.15) is 242 Å². The largest absolute Gasteiger partial charge is 0.512 e. The second-order valence-corrected chi connectivity index (χ2v) is 38.0. The molecule has 0 amide bonds. The minimum Gasteiger partial charge on any atom is -0.512 e. The summed E-state index contributed by atoms with van der Waals surface area (Å²) in [5.74, 6) is 2.09. The summed E-state index contributed by atoms with van der Waals surface area (Å²) in [4.78, 5) is 78.9. The van der Waals surface area contributed by atoms with Crippen molar-refractivity contribution in [3.8, 4) is 45.0 Å². The molecular weight excluding hydrogens is 2490 g/mol. The molecule has 0 aliphatic rings. The molecule has 4 radical (unpaired) electrons. The maximum atomic E-state index is 12.2. The van der Waals surface area contributed by atoms with Gasteiger partial charge in [0.05, 0.1) is 39.3 Å². The van der Waals surface area contributed by atoms with E-state index >= 15 is 0 Å². The van der Waals surface area contributed by atoms with Crippen molar-refractivity contribution in [2.24, 2.45) is 22.7 Å². The third-order valence-corrected chi connectivity index (χ3v) is 24.3. The first-order valence-electron chi connectivity index (χ1n) is 49.4. The molecule has 0 fully saturated rings. The first-order chi connectivity index (χ1) is 67.1. The monoisotopic (exact) mass is 2630 g/mol. The maximum absolute atomic E-state index is 12.2. The van der Waals surface area contributed by atoms with Crippen molar-refractivity contribution in [1.29, 1.82) is 0 Å². The Balaban J connectivity index is 0.000000305. The number of carbonyl (C=O) groups excluding carboxylic acids is 4. The molecule has 0 bridgehead atoms. The number of rotatable bonds is 20. The Morgan fingerprint density at radius 2 is 0.769 bits per heavy atom. The van der Waals surface area contributed by atoms with Gasteiger partial charge in [-0.05, 0) is 199 Å². The van der Waals surface area contributed by atoms with Crippen molar-refractivity contribution in [1.82, 2.24) is 39.9 Å². The molecule has 758 valence electrons. The minimum atomic E-state index is -2.38. The van der Waals surface area contributed by atoms with Crippen molar-refractivity contribution in [3.05, 3.63) is 334 Å². The van der Waals surface area contributed by atoms with E-state index in [0.29, 0.717) is 34.9 Å². The van der Waals surface area contributed by atoms with E-state index in [1.807, 2.05) is 122 Å². The molecule has 12 aromatic carbocycles. The van der Waals surface area contributed by atoms with Gasteiger partial charge in [-0.3, -0.25) is 39.1 Å². The van der Waals surface area contributed by atoms with E-state index in [1.54, 1.807) is 19.0 Å². The van der Waals surface area contributed by atoms with Gasteiger partial charge >= 0.3 is 0 Å². The number of aliphatic hydroxyl groups excluding tert-OH is 4. The summed E-state index contributed by atoms with van der Waals surface area (Å²) in [6, 6.07) is 76.7. The van der Waals surface area contributed by atoms with Crippen LogP contribution in [0.4, 0.5) is 0 Å². The molecule has 0 aliphatic heterocycles. The molecule has 0 spiro atoms. The van der Waals surface area contributed by atoms with E-state index in [0.717, 1.165) is 149 Å². The number of benzene rings is 12. The van der Waals surface area contributed by atoms with Crippen molar-refractivity contribution >= 4 is 110 Å². The van der Waals surface area contributed by atoms with Gasteiger partial charge in [0.15, 0.2) is 23.1 Å². The molecule has 4 heterocycles. The van der Waals surface area contributed by atoms with Gasteiger partial charge in [-0.1, -0.05) is 260 Å². The summed E-state index contributed by atoms with van der Waals surface area (Å²) in [6.07, 6.45) is 15.5. The van der Waals surface area contributed by atoms with Crippen molar-refractivity contribution < 1.29 is 124 Å². The van der Waals surface area contributed by atoms with Gasteiger partial charge in [0.25, 0.3) is 0 Å². The third kappa shape index (κ3) is 33.5. The summed E-state index contributed by atoms with van der Waals surface area (Å²) in [6.45, 7) is 48.7. The van der Waals surface area contributed by atoms with Gasteiger partial charge in [0.1, 0.15) is 30.6 Å². The zero-order valence-electron chi connectivity index (χ0n) is 90.2. The number of hydrogen-bond donors (Lipinski definition) is 4. The van der Waals surface area contributed by atoms with Crippen LogP contribution in [0.3, 0.4) is 0 Å². The molecular formula is C123H138Ir4N8O8-4. The summed E-state index contributed by atoms with van der Waals surface area (Å²) in [5, 5.41) is 48.8. The van der Waals surface area contributed by atoms with Gasteiger partial charge in [-0.15, -0.1) is 141 Å². The quantitative estimate of drug-likeness (QED) is 0.0239. The van der Waals surface area contributed by atoms with E-state index in [9.17, 15) is 24.3 Å². The number of allylic oxidation sites excluding steroid dienone is 8. The zero-order valence-corrected chi connectivity index (χ0v) is 96.8. The predicted molar refractivity (Wildman–Crippen MR) is 578 cm³/mol. The topological polar surface area (TPSA) is 252 Å². The Labute approximate surface area is 905 Å². The average Bonchev–Trinajstić information content (AvgIpc) is 0.755. The average molecular weight is 2630 g/mol. The van der Waals surface area contributed by atoms with Crippen LogP contribution in [-0.2, 0) is 112 Å². The molecule has 0 saturated heterocycles. The normalized spacial score (nSPS) is 11.9. The third-order valence-electron chi connectivity index (χ3n) is 24.3. The van der Waals surface area contributed by atoms with E-state index in [1.165, 1.54) is 132 Å². The molecule has 0 unspecified atom stereocenters. The van der Waals surface area contributed by atoms with E-state index in [4.69, 9.17) is 24.4 Å². The van der Waals surface area contributed by atoms with Crippen LogP contribution in [0.2, 0.25) is 0 Å². The second-order valence-electron chi connectivity index (χ2n) is 38.0. The summed E-state index contributed by atoms with van der Waals surface area (Å²) in [5.41, 5.74) is 22.8. The van der Waals surface area contributed by atoms with Crippen LogP contribution in [0, 0.1) is 95.3 Å².